The summed E-state index contributed by atoms with van der Waals surface area (Å²) in [5.74, 6) is -3.94. The van der Waals surface area contributed by atoms with Crippen LogP contribution in [0.5, 0.6) is 0 Å². The minimum Gasteiger partial charge on any atom is -0.369 e. The summed E-state index contributed by atoms with van der Waals surface area (Å²) in [6.07, 6.45) is 0.484. The number of rotatable bonds is 7. The Kier molecular flexibility index (Phi) is 6.99. The van der Waals surface area contributed by atoms with E-state index in [9.17, 15) is 18.4 Å². The molecule has 1 fully saturated rings. The topological polar surface area (TPSA) is 72.2 Å². The smallest absolute Gasteiger partial charge is 0.252 e. The fourth-order valence-corrected chi connectivity index (χ4v) is 5.32. The lowest BCUT2D eigenvalue weighted by atomic mass is 9.88. The number of primary amides is 1. The van der Waals surface area contributed by atoms with Gasteiger partial charge in [0, 0.05) is 18.3 Å². The fourth-order valence-electron chi connectivity index (χ4n) is 3.71. The molecule has 4 nitrogen and oxygen atoms in total. The van der Waals surface area contributed by atoms with Gasteiger partial charge in [0.1, 0.15) is 21.4 Å². The van der Waals surface area contributed by atoms with Crippen molar-refractivity contribution in [3.8, 4) is 0 Å². The highest BCUT2D eigenvalue weighted by atomic mass is 35.5. The van der Waals surface area contributed by atoms with Gasteiger partial charge in [-0.3, -0.25) is 9.59 Å². The quantitative estimate of drug-likeness (QED) is 0.376. The molecule has 2 aromatic rings. The zero-order valence-corrected chi connectivity index (χ0v) is 19.4. The van der Waals surface area contributed by atoms with E-state index in [0.29, 0.717) is 17.9 Å². The number of hydrogen-bond donors (Lipinski definition) is 2. The third-order valence-corrected chi connectivity index (χ3v) is 7.20. The molecular weight excluding hydrogens is 515 g/mol. The average Bonchev–Trinajstić information content (AvgIpc) is 3.23. The molecule has 0 aromatic heterocycles. The number of amides is 2. The molecule has 1 saturated carbocycles. The van der Waals surface area contributed by atoms with Gasteiger partial charge in [-0.2, -0.15) is 0 Å². The van der Waals surface area contributed by atoms with E-state index in [4.69, 9.17) is 63.7 Å². The first-order valence-electron chi connectivity index (χ1n) is 8.96. The van der Waals surface area contributed by atoms with Crippen molar-refractivity contribution in [1.29, 1.82) is 0 Å². The van der Waals surface area contributed by atoms with E-state index in [2.05, 4.69) is 5.32 Å². The maximum Gasteiger partial charge on any atom is 0.252 e. The Labute approximate surface area is 201 Å². The second-order valence-electron chi connectivity index (χ2n) is 7.02. The van der Waals surface area contributed by atoms with Crippen LogP contribution in [-0.4, -0.2) is 28.6 Å². The normalized spacial score (nSPS) is 21.6. The van der Waals surface area contributed by atoms with Crippen LogP contribution >= 0.6 is 58.0 Å². The number of benzene rings is 2. The Balaban J connectivity index is 2.12. The standard InChI is InChI=1S/C20H15Cl5F2N2O2/c21-4-1-5-29-17(30)11-7-10(8-14(27)15(11)23)19(18(28)31)16(20(19,24)25)9-2-3-13(26)12(22)6-9/h2-3,6-8,16H,1,4-5H2,(H2,28,31)(H,29,30). The number of carbonyl (C=O) groups is 2. The van der Waals surface area contributed by atoms with Gasteiger partial charge < -0.3 is 11.1 Å². The average molecular weight is 531 g/mol. The molecule has 11 heteroatoms. The van der Waals surface area contributed by atoms with E-state index in [1.165, 1.54) is 18.2 Å². The van der Waals surface area contributed by atoms with E-state index in [-0.39, 0.29) is 22.7 Å². The molecule has 2 amide bonds. The van der Waals surface area contributed by atoms with Crippen LogP contribution < -0.4 is 11.1 Å². The molecule has 2 unspecified atom stereocenters. The van der Waals surface area contributed by atoms with Gasteiger partial charge in [0.25, 0.3) is 5.91 Å². The molecule has 1 aliphatic carbocycles. The van der Waals surface area contributed by atoms with Crippen molar-refractivity contribution in [1.82, 2.24) is 5.32 Å². The van der Waals surface area contributed by atoms with E-state index >= 15 is 0 Å². The molecule has 0 spiro atoms. The Morgan fingerprint density at radius 1 is 1.10 bits per heavy atom. The van der Waals surface area contributed by atoms with Crippen LogP contribution in [-0.2, 0) is 10.2 Å². The Bertz CT molecular complexity index is 1070. The van der Waals surface area contributed by atoms with Crippen LogP contribution in [0.3, 0.4) is 0 Å². The summed E-state index contributed by atoms with van der Waals surface area (Å²) in [7, 11) is 0. The molecule has 0 saturated heterocycles. The Morgan fingerprint density at radius 3 is 2.35 bits per heavy atom. The third kappa shape index (κ3) is 3.98. The molecule has 31 heavy (non-hydrogen) atoms. The van der Waals surface area contributed by atoms with Gasteiger partial charge >= 0.3 is 0 Å². The fraction of sp³-hybridized carbons (Fsp3) is 0.300. The molecule has 166 valence electrons. The zero-order chi connectivity index (χ0) is 23.1. The van der Waals surface area contributed by atoms with Crippen LogP contribution in [0.4, 0.5) is 8.78 Å². The highest BCUT2D eigenvalue weighted by molar-refractivity contribution is 6.55. The maximum atomic E-state index is 14.7. The molecule has 2 atom stereocenters. The van der Waals surface area contributed by atoms with Crippen molar-refractivity contribution < 1.29 is 18.4 Å². The van der Waals surface area contributed by atoms with Gasteiger partial charge in [0.2, 0.25) is 5.91 Å². The van der Waals surface area contributed by atoms with Crippen molar-refractivity contribution >= 4 is 69.8 Å². The van der Waals surface area contributed by atoms with E-state index < -0.39 is 44.1 Å². The van der Waals surface area contributed by atoms with Crippen molar-refractivity contribution in [2.24, 2.45) is 5.73 Å². The van der Waals surface area contributed by atoms with Crippen LogP contribution in [0.25, 0.3) is 0 Å². The van der Waals surface area contributed by atoms with Crippen LogP contribution in [0.2, 0.25) is 10.0 Å². The number of hydrogen-bond acceptors (Lipinski definition) is 2. The number of halogens is 7. The van der Waals surface area contributed by atoms with E-state index in [1.807, 2.05) is 0 Å². The third-order valence-electron chi connectivity index (χ3n) is 5.23. The molecule has 0 bridgehead atoms. The van der Waals surface area contributed by atoms with Gasteiger partial charge in [0.15, 0.2) is 0 Å². The summed E-state index contributed by atoms with van der Waals surface area (Å²) in [5, 5.41) is 1.90. The summed E-state index contributed by atoms with van der Waals surface area (Å²) in [6, 6.07) is 5.87. The lowest BCUT2D eigenvalue weighted by molar-refractivity contribution is -0.120. The summed E-state index contributed by atoms with van der Waals surface area (Å²) in [5.41, 5.74) is 3.90. The summed E-state index contributed by atoms with van der Waals surface area (Å²) < 4.78 is 26.5. The van der Waals surface area contributed by atoms with Gasteiger partial charge in [-0.1, -0.05) is 52.5 Å². The first kappa shape index (κ1) is 24.3. The van der Waals surface area contributed by atoms with Crippen LogP contribution in [0.15, 0.2) is 30.3 Å². The molecule has 2 aromatic carbocycles. The minimum atomic E-state index is -1.81. The molecule has 3 N–H and O–H groups in total. The molecule has 3 rings (SSSR count). The molecular formula is C20H15Cl5F2N2O2. The summed E-state index contributed by atoms with van der Waals surface area (Å²) >= 11 is 30.4. The SMILES string of the molecule is NC(=O)C1(c2cc(F)c(Cl)c(C(=O)NCCCCl)c2)C(c2ccc(F)c(Cl)c2)C1(Cl)Cl. The minimum absolute atomic E-state index is 0.0418. The van der Waals surface area contributed by atoms with Gasteiger partial charge in [-0.25, -0.2) is 8.78 Å². The number of alkyl halides is 3. The lowest BCUT2D eigenvalue weighted by Gasteiger charge is -2.18. The van der Waals surface area contributed by atoms with Crippen molar-refractivity contribution in [3.63, 3.8) is 0 Å². The van der Waals surface area contributed by atoms with Gasteiger partial charge in [0.05, 0.1) is 15.6 Å². The molecule has 0 radical (unpaired) electrons. The predicted molar refractivity (Wildman–Crippen MR) is 119 cm³/mol. The molecule has 1 aliphatic rings. The molecule has 0 heterocycles. The predicted octanol–water partition coefficient (Wildman–Crippen LogP) is 5.32. The zero-order valence-electron chi connectivity index (χ0n) is 15.6. The van der Waals surface area contributed by atoms with E-state index in [1.54, 1.807) is 0 Å². The number of nitrogens with one attached hydrogen (secondary N) is 1. The number of carbonyl (C=O) groups excluding carboxylic acids is 2. The van der Waals surface area contributed by atoms with Crippen LogP contribution in [0, 0.1) is 11.6 Å². The second-order valence-corrected chi connectivity index (χ2v) is 9.57. The van der Waals surface area contributed by atoms with Crippen molar-refractivity contribution in [2.75, 3.05) is 12.4 Å². The monoisotopic (exact) mass is 528 g/mol. The maximum absolute atomic E-state index is 14.7. The molecule has 0 aliphatic heterocycles. The van der Waals surface area contributed by atoms with Crippen LogP contribution in [0.1, 0.15) is 33.8 Å². The first-order valence-corrected chi connectivity index (χ1v) is 11.0. The number of nitrogens with two attached hydrogens (primary N) is 1. The Morgan fingerprint density at radius 2 is 1.77 bits per heavy atom. The first-order chi connectivity index (χ1) is 14.5. The lowest BCUT2D eigenvalue weighted by Crippen LogP contribution is -2.34. The van der Waals surface area contributed by atoms with Gasteiger partial charge in [-0.05, 0) is 41.8 Å². The Hall–Kier alpha value is -1.31. The summed E-state index contributed by atoms with van der Waals surface area (Å²) in [4.78, 5) is 25.1. The van der Waals surface area contributed by atoms with Gasteiger partial charge in [-0.15, -0.1) is 11.6 Å². The largest absolute Gasteiger partial charge is 0.369 e. The van der Waals surface area contributed by atoms with E-state index in [0.717, 1.165) is 12.1 Å². The van der Waals surface area contributed by atoms with Crippen molar-refractivity contribution in [2.45, 2.75) is 22.1 Å². The second kappa shape index (κ2) is 8.91. The van der Waals surface area contributed by atoms with Crippen molar-refractivity contribution in [3.05, 3.63) is 68.7 Å². The summed E-state index contributed by atoms with van der Waals surface area (Å²) in [6.45, 7) is 0.233. The highest BCUT2D eigenvalue weighted by Crippen LogP contribution is 2.74. The highest BCUT2D eigenvalue weighted by Gasteiger charge is 2.81.